The van der Waals surface area contributed by atoms with Crippen LogP contribution in [0.2, 0.25) is 0 Å². The van der Waals surface area contributed by atoms with Crippen LogP contribution < -0.4 is 0 Å². The highest BCUT2D eigenvalue weighted by Crippen LogP contribution is 2.33. The summed E-state index contributed by atoms with van der Waals surface area (Å²) in [4.78, 5) is 2.51. The number of piperidine rings is 1. The van der Waals surface area contributed by atoms with Gasteiger partial charge in [-0.3, -0.25) is 0 Å². The summed E-state index contributed by atoms with van der Waals surface area (Å²) < 4.78 is 67.9. The van der Waals surface area contributed by atoms with Gasteiger partial charge in [-0.05, 0) is 80.1 Å². The van der Waals surface area contributed by atoms with Crippen molar-refractivity contribution in [2.24, 2.45) is 0 Å². The van der Waals surface area contributed by atoms with E-state index in [0.717, 1.165) is 38.1 Å². The fourth-order valence-corrected chi connectivity index (χ4v) is 6.30. The molecule has 0 aromatic heterocycles. The summed E-state index contributed by atoms with van der Waals surface area (Å²) in [5.41, 5.74) is 1.13. The van der Waals surface area contributed by atoms with Crippen LogP contribution in [0.4, 0.5) is 13.2 Å². The number of likely N-dealkylation sites (tertiary alicyclic amines) is 1. The molecule has 0 saturated carbocycles. The number of hydrogen-bond acceptors (Lipinski definition) is 3. The van der Waals surface area contributed by atoms with Gasteiger partial charge in [0.15, 0.2) is 0 Å². The number of benzene rings is 3. The Morgan fingerprint density at radius 2 is 1.53 bits per heavy atom. The molecule has 1 aliphatic heterocycles. The first-order valence-corrected chi connectivity index (χ1v) is 14.0. The smallest absolute Gasteiger partial charge is 0.303 e. The molecule has 3 aromatic carbocycles. The van der Waals surface area contributed by atoms with Gasteiger partial charge >= 0.3 is 6.18 Å². The Morgan fingerprint density at radius 3 is 2.13 bits per heavy atom. The minimum atomic E-state index is -4.46. The number of sulfonamides is 1. The summed E-state index contributed by atoms with van der Waals surface area (Å²) >= 11 is 0. The molecule has 1 unspecified atom stereocenters. The van der Waals surface area contributed by atoms with Crippen LogP contribution in [0.5, 0.6) is 0 Å². The summed E-state index contributed by atoms with van der Waals surface area (Å²) in [5, 5.41) is 0. The zero-order valence-electron chi connectivity index (χ0n) is 21.3. The lowest BCUT2D eigenvalue weighted by Gasteiger charge is -2.33. The lowest BCUT2D eigenvalue weighted by Crippen LogP contribution is -2.36. The van der Waals surface area contributed by atoms with Crippen LogP contribution in [0.3, 0.4) is 0 Å². The fraction of sp³-hybridized carbons (Fsp3) is 0.379. The number of rotatable bonds is 9. The minimum Gasteiger partial charge on any atom is -0.303 e. The molecule has 1 heterocycles. The minimum absolute atomic E-state index is 0. The van der Waals surface area contributed by atoms with E-state index in [1.807, 2.05) is 6.07 Å². The van der Waals surface area contributed by atoms with Crippen molar-refractivity contribution in [1.82, 2.24) is 9.21 Å². The van der Waals surface area contributed by atoms with E-state index in [9.17, 15) is 21.6 Å². The third-order valence-corrected chi connectivity index (χ3v) is 9.10. The van der Waals surface area contributed by atoms with Crippen LogP contribution in [-0.2, 0) is 16.2 Å². The summed E-state index contributed by atoms with van der Waals surface area (Å²) in [6.45, 7) is 2.61. The first kappa shape index (κ1) is 30.2. The van der Waals surface area contributed by atoms with Crippen LogP contribution in [-0.4, -0.2) is 50.8 Å². The highest BCUT2D eigenvalue weighted by atomic mass is 35.5. The van der Waals surface area contributed by atoms with Gasteiger partial charge in [0, 0.05) is 13.6 Å². The topological polar surface area (TPSA) is 40.6 Å². The molecule has 9 heteroatoms. The van der Waals surface area contributed by atoms with E-state index in [1.54, 1.807) is 24.3 Å². The molecule has 1 fully saturated rings. The summed E-state index contributed by atoms with van der Waals surface area (Å²) in [6, 6.07) is 23.9. The molecule has 0 spiro atoms. The molecule has 1 atom stereocenters. The lowest BCUT2D eigenvalue weighted by molar-refractivity contribution is -0.137. The standard InChI is InChI=1S/C29H33F3N2O2S.ClH/c1-33(37(35,36)28-13-6-3-7-14-28)22-26(25-11-8-12-27(21-25)29(30,31)32)17-20-34-18-15-24(16-19-34)23-9-4-2-5-10-23;/h2-14,21,24,26H,15-20,22H2,1H3;1H. The second-order valence-corrected chi connectivity index (χ2v) is 11.8. The molecule has 0 N–H and O–H groups in total. The molecule has 3 aromatic rings. The van der Waals surface area contributed by atoms with Crippen molar-refractivity contribution in [2.45, 2.75) is 42.2 Å². The molecule has 1 aliphatic rings. The quantitative estimate of drug-likeness (QED) is 0.286. The van der Waals surface area contributed by atoms with E-state index in [2.05, 4.69) is 29.2 Å². The lowest BCUT2D eigenvalue weighted by atomic mass is 9.89. The molecule has 0 radical (unpaired) electrons. The maximum absolute atomic E-state index is 13.4. The highest BCUT2D eigenvalue weighted by Gasteiger charge is 2.32. The van der Waals surface area contributed by atoms with Gasteiger partial charge in [0.2, 0.25) is 10.0 Å². The Labute approximate surface area is 229 Å². The van der Waals surface area contributed by atoms with Gasteiger partial charge in [-0.1, -0.05) is 66.7 Å². The SMILES string of the molecule is CN(CC(CCN1CCC(c2ccccc2)CC1)c1cccc(C(F)(F)F)c1)S(=O)(=O)c1ccccc1.Cl. The average Bonchev–Trinajstić information content (AvgIpc) is 2.91. The van der Waals surface area contributed by atoms with Gasteiger partial charge in [0.25, 0.3) is 0 Å². The van der Waals surface area contributed by atoms with Gasteiger partial charge in [-0.25, -0.2) is 12.7 Å². The number of nitrogens with zero attached hydrogens (tertiary/aromatic N) is 2. The number of halogens is 4. The molecule has 38 heavy (non-hydrogen) atoms. The van der Waals surface area contributed by atoms with Crippen molar-refractivity contribution >= 4 is 22.4 Å². The summed E-state index contributed by atoms with van der Waals surface area (Å²) in [6.07, 6.45) is -1.84. The monoisotopic (exact) mass is 566 g/mol. The molecule has 1 saturated heterocycles. The molecular formula is C29H34ClF3N2O2S. The number of hydrogen-bond donors (Lipinski definition) is 0. The maximum atomic E-state index is 13.4. The summed E-state index contributed by atoms with van der Waals surface area (Å²) in [5.74, 6) is 0.136. The molecule has 4 nitrogen and oxygen atoms in total. The number of alkyl halides is 3. The predicted octanol–water partition coefficient (Wildman–Crippen LogP) is 6.80. The van der Waals surface area contributed by atoms with Crippen LogP contribution in [0.15, 0.2) is 89.8 Å². The van der Waals surface area contributed by atoms with E-state index in [4.69, 9.17) is 0 Å². The van der Waals surface area contributed by atoms with E-state index >= 15 is 0 Å². The average molecular weight is 567 g/mol. The fourth-order valence-electron chi connectivity index (χ4n) is 5.07. The Kier molecular flexibility index (Phi) is 10.4. The van der Waals surface area contributed by atoms with E-state index in [0.29, 0.717) is 24.4 Å². The second-order valence-electron chi connectivity index (χ2n) is 9.73. The van der Waals surface area contributed by atoms with Crippen LogP contribution >= 0.6 is 12.4 Å². The molecule has 0 aliphatic carbocycles. The Bertz CT molecular complexity index is 1250. The van der Waals surface area contributed by atoms with Crippen molar-refractivity contribution in [2.75, 3.05) is 33.2 Å². The molecule has 4 rings (SSSR count). The number of likely N-dealkylation sites (N-methyl/N-ethyl adjacent to an activating group) is 1. The first-order chi connectivity index (χ1) is 17.6. The largest absolute Gasteiger partial charge is 0.416 e. The molecule has 0 bridgehead atoms. The van der Waals surface area contributed by atoms with Crippen molar-refractivity contribution in [3.63, 3.8) is 0 Å². The Balaban J connectivity index is 0.00000400. The van der Waals surface area contributed by atoms with Crippen LogP contribution in [0.1, 0.15) is 47.8 Å². The third-order valence-electron chi connectivity index (χ3n) is 7.27. The van der Waals surface area contributed by atoms with E-state index < -0.39 is 21.8 Å². The molecule has 0 amide bonds. The predicted molar refractivity (Wildman–Crippen MR) is 147 cm³/mol. The zero-order chi connectivity index (χ0) is 26.5. The van der Waals surface area contributed by atoms with Crippen LogP contribution in [0.25, 0.3) is 0 Å². The third kappa shape index (κ3) is 7.59. The van der Waals surface area contributed by atoms with Gasteiger partial charge in [0.1, 0.15) is 0 Å². The van der Waals surface area contributed by atoms with Gasteiger partial charge < -0.3 is 4.90 Å². The Morgan fingerprint density at radius 1 is 0.921 bits per heavy atom. The highest BCUT2D eigenvalue weighted by molar-refractivity contribution is 7.89. The molecular weight excluding hydrogens is 533 g/mol. The maximum Gasteiger partial charge on any atom is 0.416 e. The normalized spacial score (nSPS) is 16.2. The Hall–Kier alpha value is -2.39. The van der Waals surface area contributed by atoms with Crippen molar-refractivity contribution in [3.05, 3.63) is 102 Å². The molecule has 206 valence electrons. The van der Waals surface area contributed by atoms with Crippen molar-refractivity contribution in [3.8, 4) is 0 Å². The van der Waals surface area contributed by atoms with Crippen molar-refractivity contribution < 1.29 is 21.6 Å². The zero-order valence-corrected chi connectivity index (χ0v) is 23.0. The van der Waals surface area contributed by atoms with Gasteiger partial charge in [-0.2, -0.15) is 13.2 Å². The summed E-state index contributed by atoms with van der Waals surface area (Å²) in [7, 11) is -2.27. The van der Waals surface area contributed by atoms with E-state index in [-0.39, 0.29) is 29.8 Å². The van der Waals surface area contributed by atoms with Crippen LogP contribution in [0, 0.1) is 0 Å². The van der Waals surface area contributed by atoms with Crippen molar-refractivity contribution in [1.29, 1.82) is 0 Å². The van der Waals surface area contributed by atoms with E-state index in [1.165, 1.54) is 35.1 Å². The van der Waals surface area contributed by atoms with Gasteiger partial charge in [0.05, 0.1) is 10.5 Å². The first-order valence-electron chi connectivity index (χ1n) is 12.6. The van der Waals surface area contributed by atoms with Gasteiger partial charge in [-0.15, -0.1) is 12.4 Å². The second kappa shape index (κ2) is 13.1.